The Kier molecular flexibility index (Phi) is 2.67. The molecule has 20 heavy (non-hydrogen) atoms. The first-order valence-electron chi connectivity index (χ1n) is 7.26. The minimum atomic E-state index is 0.306. The Bertz CT molecular complexity index is 713. The lowest BCUT2D eigenvalue weighted by Gasteiger charge is -2.38. The van der Waals surface area contributed by atoms with E-state index in [1.807, 2.05) is 0 Å². The van der Waals surface area contributed by atoms with Gasteiger partial charge in [-0.25, -0.2) is 4.98 Å². The number of hydrogen-bond acceptors (Lipinski definition) is 3. The second-order valence-electron chi connectivity index (χ2n) is 6.07. The van der Waals surface area contributed by atoms with Crippen LogP contribution in [0, 0.1) is 13.8 Å². The Morgan fingerprint density at radius 2 is 2.00 bits per heavy atom. The van der Waals surface area contributed by atoms with Crippen molar-refractivity contribution in [2.24, 2.45) is 5.73 Å². The molecule has 106 valence electrons. The van der Waals surface area contributed by atoms with Crippen LogP contribution in [0.1, 0.15) is 23.1 Å². The van der Waals surface area contributed by atoms with Crippen LogP contribution in [0.5, 0.6) is 0 Å². The molecule has 2 N–H and O–H groups in total. The lowest BCUT2D eigenvalue weighted by atomic mass is 9.97. The molecule has 0 aliphatic carbocycles. The molecule has 2 aliphatic heterocycles. The fraction of sp³-hybridized carbons (Fsp3) is 0.533. The normalized spacial score (nSPS) is 18.7. The van der Waals surface area contributed by atoms with E-state index < -0.39 is 0 Å². The van der Waals surface area contributed by atoms with Gasteiger partial charge in [0.25, 0.3) is 0 Å². The summed E-state index contributed by atoms with van der Waals surface area (Å²) in [6, 6.07) is 0.306. The molecule has 3 heterocycles. The molecule has 4 rings (SSSR count). The van der Waals surface area contributed by atoms with Crippen LogP contribution in [0.25, 0.3) is 11.0 Å². The van der Waals surface area contributed by atoms with Crippen LogP contribution in [0.4, 0.5) is 5.95 Å². The van der Waals surface area contributed by atoms with Crippen molar-refractivity contribution in [3.63, 3.8) is 0 Å². The first-order chi connectivity index (χ1) is 9.58. The number of nitrogens with zero attached hydrogens (tertiary/aromatic N) is 3. The largest absolute Gasteiger partial charge is 0.339 e. The van der Waals surface area contributed by atoms with Gasteiger partial charge in [0.15, 0.2) is 0 Å². The molecule has 0 amide bonds. The molecule has 1 aromatic carbocycles. The Hall–Kier alpha value is -1.07. The van der Waals surface area contributed by atoms with Gasteiger partial charge in [-0.3, -0.25) is 0 Å². The zero-order valence-electron chi connectivity index (χ0n) is 11.9. The lowest BCUT2D eigenvalue weighted by Crippen LogP contribution is -2.56. The summed E-state index contributed by atoms with van der Waals surface area (Å²) >= 11 is 3.74. The summed E-state index contributed by atoms with van der Waals surface area (Å²) in [5, 5.41) is 0. The van der Waals surface area contributed by atoms with Crippen molar-refractivity contribution in [1.29, 1.82) is 0 Å². The second-order valence-corrected chi connectivity index (χ2v) is 6.86. The molecule has 0 unspecified atom stereocenters. The SMILES string of the molecule is Cc1c(Br)c(C)c2nc(N3CC(N)C3)n3c2c1CCC3. The lowest BCUT2D eigenvalue weighted by molar-refractivity contribution is 0.493. The van der Waals surface area contributed by atoms with Gasteiger partial charge >= 0.3 is 0 Å². The molecule has 4 nitrogen and oxygen atoms in total. The van der Waals surface area contributed by atoms with Crippen LogP contribution >= 0.6 is 15.9 Å². The summed E-state index contributed by atoms with van der Waals surface area (Å²) < 4.78 is 3.63. The van der Waals surface area contributed by atoms with Crippen molar-refractivity contribution < 1.29 is 0 Å². The van der Waals surface area contributed by atoms with Gasteiger partial charge in [0.1, 0.15) is 0 Å². The molecule has 1 fully saturated rings. The van der Waals surface area contributed by atoms with Gasteiger partial charge in [-0.05, 0) is 43.4 Å². The standard InChI is InChI=1S/C15H19BrN4/c1-8-11-4-3-5-20-14(11)13(9(2)12(8)16)18-15(20)19-6-10(17)7-19/h10H,3-7,17H2,1-2H3. The highest BCUT2D eigenvalue weighted by Gasteiger charge is 2.30. The number of halogens is 1. The highest BCUT2D eigenvalue weighted by molar-refractivity contribution is 9.10. The Morgan fingerprint density at radius 3 is 2.70 bits per heavy atom. The summed E-state index contributed by atoms with van der Waals surface area (Å²) in [5.74, 6) is 1.11. The van der Waals surface area contributed by atoms with Crippen LogP contribution in [-0.2, 0) is 13.0 Å². The number of imidazole rings is 1. The number of aryl methyl sites for hydroxylation is 3. The van der Waals surface area contributed by atoms with Crippen LogP contribution in [-0.4, -0.2) is 28.7 Å². The predicted molar refractivity (Wildman–Crippen MR) is 85.4 cm³/mol. The molecule has 2 aliphatic rings. The first-order valence-corrected chi connectivity index (χ1v) is 8.05. The third-order valence-corrected chi connectivity index (χ3v) is 5.89. The number of hydrogen-bond donors (Lipinski definition) is 1. The molecular formula is C15H19BrN4. The zero-order chi connectivity index (χ0) is 14.0. The number of benzene rings is 1. The molecule has 0 bridgehead atoms. The van der Waals surface area contributed by atoms with Crippen LogP contribution in [0.3, 0.4) is 0 Å². The van der Waals surface area contributed by atoms with E-state index in [1.165, 1.54) is 33.1 Å². The van der Waals surface area contributed by atoms with Crippen molar-refractivity contribution in [2.75, 3.05) is 18.0 Å². The Balaban J connectivity index is 2.01. The number of rotatable bonds is 1. The molecule has 0 radical (unpaired) electrons. The average Bonchev–Trinajstić information content (AvgIpc) is 2.79. The van der Waals surface area contributed by atoms with Crippen molar-refractivity contribution >= 4 is 32.9 Å². The molecule has 0 spiro atoms. The van der Waals surface area contributed by atoms with Crippen molar-refractivity contribution in [1.82, 2.24) is 9.55 Å². The molecule has 0 saturated carbocycles. The van der Waals surface area contributed by atoms with Crippen molar-refractivity contribution in [2.45, 2.75) is 39.3 Å². The van der Waals surface area contributed by atoms with Crippen molar-refractivity contribution in [3.8, 4) is 0 Å². The topological polar surface area (TPSA) is 47.1 Å². The summed E-state index contributed by atoms with van der Waals surface area (Å²) in [7, 11) is 0. The number of aromatic nitrogens is 2. The first kappa shape index (κ1) is 12.7. The predicted octanol–water partition coefficient (Wildman–Crippen LogP) is 2.51. The molecular weight excluding hydrogens is 316 g/mol. The maximum Gasteiger partial charge on any atom is 0.206 e. The van der Waals surface area contributed by atoms with E-state index in [1.54, 1.807) is 0 Å². The Morgan fingerprint density at radius 1 is 1.25 bits per heavy atom. The summed E-state index contributed by atoms with van der Waals surface area (Å²) in [4.78, 5) is 7.25. The molecule has 2 aromatic rings. The van der Waals surface area contributed by atoms with E-state index >= 15 is 0 Å². The summed E-state index contributed by atoms with van der Waals surface area (Å²) in [6.45, 7) is 7.31. The van der Waals surface area contributed by atoms with Crippen molar-refractivity contribution in [3.05, 3.63) is 21.2 Å². The van der Waals surface area contributed by atoms with E-state index in [2.05, 4.69) is 39.2 Å². The van der Waals surface area contributed by atoms with E-state index in [4.69, 9.17) is 10.7 Å². The number of anilines is 1. The zero-order valence-corrected chi connectivity index (χ0v) is 13.5. The van der Waals surface area contributed by atoms with Gasteiger partial charge in [-0.15, -0.1) is 0 Å². The smallest absolute Gasteiger partial charge is 0.206 e. The van der Waals surface area contributed by atoms with Crippen LogP contribution in [0.15, 0.2) is 4.47 Å². The van der Waals surface area contributed by atoms with E-state index in [9.17, 15) is 0 Å². The third-order valence-electron chi connectivity index (χ3n) is 4.70. The highest BCUT2D eigenvalue weighted by Crippen LogP contribution is 2.39. The van der Waals surface area contributed by atoms with Gasteiger partial charge in [-0.1, -0.05) is 15.9 Å². The van der Waals surface area contributed by atoms with Gasteiger partial charge < -0.3 is 15.2 Å². The van der Waals surface area contributed by atoms with E-state index in [-0.39, 0.29) is 0 Å². The summed E-state index contributed by atoms with van der Waals surface area (Å²) in [6.07, 6.45) is 2.35. The van der Waals surface area contributed by atoms with E-state index in [0.29, 0.717) is 6.04 Å². The van der Waals surface area contributed by atoms with Crippen LogP contribution in [0.2, 0.25) is 0 Å². The quantitative estimate of drug-likeness (QED) is 0.871. The third kappa shape index (κ3) is 1.53. The molecule has 1 saturated heterocycles. The summed E-state index contributed by atoms with van der Waals surface area (Å²) in [5.41, 5.74) is 12.5. The Labute approximate surface area is 127 Å². The average molecular weight is 335 g/mol. The molecule has 1 aromatic heterocycles. The van der Waals surface area contributed by atoms with Gasteiger partial charge in [0.2, 0.25) is 5.95 Å². The molecule has 5 heteroatoms. The monoisotopic (exact) mass is 334 g/mol. The van der Waals surface area contributed by atoms with Gasteiger partial charge in [0.05, 0.1) is 11.0 Å². The fourth-order valence-corrected chi connectivity index (χ4v) is 3.98. The second kappa shape index (κ2) is 4.21. The van der Waals surface area contributed by atoms with Crippen LogP contribution < -0.4 is 10.6 Å². The number of nitrogens with two attached hydrogens (primary N) is 1. The fourth-order valence-electron chi connectivity index (χ4n) is 3.55. The minimum absolute atomic E-state index is 0.306. The minimum Gasteiger partial charge on any atom is -0.339 e. The highest BCUT2D eigenvalue weighted by atomic mass is 79.9. The molecule has 0 atom stereocenters. The van der Waals surface area contributed by atoms with E-state index in [0.717, 1.165) is 37.5 Å². The van der Waals surface area contributed by atoms with Gasteiger partial charge in [-0.2, -0.15) is 0 Å². The maximum atomic E-state index is 5.93. The maximum absolute atomic E-state index is 5.93. The van der Waals surface area contributed by atoms with Gasteiger partial charge in [0, 0.05) is 30.1 Å².